The maximum absolute atomic E-state index is 13.3. The van der Waals surface area contributed by atoms with Crippen LogP contribution in [0.2, 0.25) is 0 Å². The van der Waals surface area contributed by atoms with Crippen LogP contribution in [0.3, 0.4) is 0 Å². The highest BCUT2D eigenvalue weighted by Crippen LogP contribution is 2.51. The summed E-state index contributed by atoms with van der Waals surface area (Å²) in [6.07, 6.45) is -1.12. The van der Waals surface area contributed by atoms with Gasteiger partial charge in [0.05, 0.1) is 28.4 Å². The monoisotopic (exact) mass is 390 g/mol. The Labute approximate surface area is 162 Å². The van der Waals surface area contributed by atoms with Crippen LogP contribution in [0.4, 0.5) is 0 Å². The Kier molecular flexibility index (Phi) is 5.35. The standard InChI is InChI=1S/C20H22O8/c1-23-12-8-6-11(7-9-12)19-20(22,27-5)18(21)15-13(28-19)10-14(24-2)16(25-3)17(15)26-4/h6-10,19,22H,1-5H3. The average Bonchev–Trinajstić information content (AvgIpc) is 2.74. The minimum Gasteiger partial charge on any atom is -0.497 e. The lowest BCUT2D eigenvalue weighted by Crippen LogP contribution is -2.51. The predicted octanol–water partition coefficient (Wildman–Crippen LogP) is 2.37. The Balaban J connectivity index is 2.20. The molecule has 2 atom stereocenters. The van der Waals surface area contributed by atoms with Crippen LogP contribution in [-0.2, 0) is 4.74 Å². The van der Waals surface area contributed by atoms with Crippen molar-refractivity contribution in [2.24, 2.45) is 0 Å². The van der Waals surface area contributed by atoms with Crippen molar-refractivity contribution in [1.82, 2.24) is 0 Å². The van der Waals surface area contributed by atoms with E-state index in [0.29, 0.717) is 17.1 Å². The van der Waals surface area contributed by atoms with E-state index >= 15 is 0 Å². The van der Waals surface area contributed by atoms with Crippen molar-refractivity contribution in [2.45, 2.75) is 11.9 Å². The fraction of sp³-hybridized carbons (Fsp3) is 0.350. The third-order valence-electron chi connectivity index (χ3n) is 4.68. The molecule has 2 aromatic rings. The molecule has 0 bridgehead atoms. The van der Waals surface area contributed by atoms with E-state index in [1.165, 1.54) is 34.5 Å². The second-order valence-corrected chi connectivity index (χ2v) is 6.02. The Morgan fingerprint density at radius 3 is 2.07 bits per heavy atom. The normalized spacial score (nSPS) is 20.8. The number of carbonyl (C=O) groups is 1. The second kappa shape index (κ2) is 7.57. The summed E-state index contributed by atoms with van der Waals surface area (Å²) < 4.78 is 32.4. The first-order chi connectivity index (χ1) is 13.4. The number of hydrogen-bond acceptors (Lipinski definition) is 8. The second-order valence-electron chi connectivity index (χ2n) is 6.02. The summed E-state index contributed by atoms with van der Waals surface area (Å²) in [6, 6.07) is 8.28. The minimum absolute atomic E-state index is 0.00858. The highest BCUT2D eigenvalue weighted by Gasteiger charge is 2.54. The largest absolute Gasteiger partial charge is 0.497 e. The van der Waals surface area contributed by atoms with Crippen molar-refractivity contribution >= 4 is 5.78 Å². The minimum atomic E-state index is -2.27. The number of fused-ring (bicyclic) bond motifs is 1. The lowest BCUT2D eigenvalue weighted by molar-refractivity contribution is -0.205. The smallest absolute Gasteiger partial charge is 0.274 e. The fourth-order valence-corrected chi connectivity index (χ4v) is 3.22. The number of rotatable bonds is 6. The molecule has 0 saturated carbocycles. The van der Waals surface area contributed by atoms with E-state index < -0.39 is 17.7 Å². The van der Waals surface area contributed by atoms with Gasteiger partial charge >= 0.3 is 0 Å². The molecule has 0 aromatic heterocycles. The Morgan fingerprint density at radius 1 is 0.929 bits per heavy atom. The zero-order valence-corrected chi connectivity index (χ0v) is 16.3. The zero-order valence-electron chi connectivity index (χ0n) is 16.3. The Morgan fingerprint density at radius 2 is 1.57 bits per heavy atom. The van der Waals surface area contributed by atoms with Crippen LogP contribution in [0.15, 0.2) is 30.3 Å². The highest BCUT2D eigenvalue weighted by molar-refractivity contribution is 6.08. The number of methoxy groups -OCH3 is 5. The first-order valence-electron chi connectivity index (χ1n) is 8.41. The maximum atomic E-state index is 13.3. The van der Waals surface area contributed by atoms with E-state index in [2.05, 4.69) is 0 Å². The van der Waals surface area contributed by atoms with E-state index in [1.807, 2.05) is 0 Å². The van der Waals surface area contributed by atoms with Gasteiger partial charge in [0.25, 0.3) is 5.79 Å². The van der Waals surface area contributed by atoms with Crippen LogP contribution in [0.1, 0.15) is 22.0 Å². The topological polar surface area (TPSA) is 92.7 Å². The third-order valence-corrected chi connectivity index (χ3v) is 4.68. The number of Topliss-reactive ketones (excluding diaryl/α,β-unsaturated/α-hetero) is 1. The molecule has 28 heavy (non-hydrogen) atoms. The summed E-state index contributed by atoms with van der Waals surface area (Å²) in [5, 5.41) is 11.1. The molecule has 0 saturated heterocycles. The summed E-state index contributed by atoms with van der Waals surface area (Å²) in [4.78, 5) is 13.3. The van der Waals surface area contributed by atoms with Gasteiger partial charge in [-0.25, -0.2) is 0 Å². The maximum Gasteiger partial charge on any atom is 0.274 e. The van der Waals surface area contributed by atoms with E-state index in [0.717, 1.165) is 0 Å². The van der Waals surface area contributed by atoms with Gasteiger partial charge in [0.2, 0.25) is 11.5 Å². The average molecular weight is 390 g/mol. The van der Waals surface area contributed by atoms with E-state index in [9.17, 15) is 9.90 Å². The Hall–Kier alpha value is -2.97. The molecule has 0 spiro atoms. The Bertz CT molecular complexity index is 877. The first-order valence-corrected chi connectivity index (χ1v) is 8.41. The summed E-state index contributed by atoms with van der Waals surface area (Å²) >= 11 is 0. The molecule has 1 aliphatic heterocycles. The molecule has 2 aromatic carbocycles. The lowest BCUT2D eigenvalue weighted by atomic mass is 9.89. The van der Waals surface area contributed by atoms with Crippen LogP contribution >= 0.6 is 0 Å². The molecule has 0 fully saturated rings. The van der Waals surface area contributed by atoms with Gasteiger partial charge in [-0.3, -0.25) is 4.79 Å². The number of ether oxygens (including phenoxy) is 6. The van der Waals surface area contributed by atoms with E-state index in [1.54, 1.807) is 31.4 Å². The molecule has 3 rings (SSSR count). The van der Waals surface area contributed by atoms with Crippen molar-refractivity contribution in [2.75, 3.05) is 35.5 Å². The molecule has 8 nitrogen and oxygen atoms in total. The molecule has 8 heteroatoms. The first kappa shape index (κ1) is 19.8. The fourth-order valence-electron chi connectivity index (χ4n) is 3.22. The van der Waals surface area contributed by atoms with Gasteiger partial charge in [0.15, 0.2) is 17.6 Å². The predicted molar refractivity (Wildman–Crippen MR) is 98.8 cm³/mol. The summed E-state index contributed by atoms with van der Waals surface area (Å²) in [6.45, 7) is 0. The number of benzene rings is 2. The molecule has 1 heterocycles. The molecule has 1 N–H and O–H groups in total. The van der Waals surface area contributed by atoms with Gasteiger partial charge in [-0.2, -0.15) is 0 Å². The summed E-state index contributed by atoms with van der Waals surface area (Å²) in [7, 11) is 7.04. The van der Waals surface area contributed by atoms with E-state index in [4.69, 9.17) is 28.4 Å². The van der Waals surface area contributed by atoms with Crippen molar-refractivity contribution in [1.29, 1.82) is 0 Å². The molecule has 0 aliphatic carbocycles. The van der Waals surface area contributed by atoms with Crippen LogP contribution in [0, 0.1) is 0 Å². The number of hydrogen-bond donors (Lipinski definition) is 1. The number of carbonyl (C=O) groups excluding carboxylic acids is 1. The van der Waals surface area contributed by atoms with Gasteiger partial charge in [0, 0.05) is 13.2 Å². The molecule has 150 valence electrons. The molecule has 1 aliphatic rings. The van der Waals surface area contributed by atoms with Crippen molar-refractivity contribution in [3.05, 3.63) is 41.5 Å². The summed E-state index contributed by atoms with van der Waals surface area (Å²) in [5.41, 5.74) is 0.534. The van der Waals surface area contributed by atoms with Gasteiger partial charge < -0.3 is 33.5 Å². The lowest BCUT2D eigenvalue weighted by Gasteiger charge is -2.38. The summed E-state index contributed by atoms with van der Waals surface area (Å²) in [5.74, 6) is -1.55. The van der Waals surface area contributed by atoms with Gasteiger partial charge in [0.1, 0.15) is 17.1 Å². The van der Waals surface area contributed by atoms with Crippen molar-refractivity contribution < 1.29 is 38.3 Å². The zero-order chi connectivity index (χ0) is 20.5. The van der Waals surface area contributed by atoms with Crippen LogP contribution in [0.25, 0.3) is 0 Å². The van der Waals surface area contributed by atoms with Crippen molar-refractivity contribution in [3.63, 3.8) is 0 Å². The van der Waals surface area contributed by atoms with Crippen LogP contribution in [0.5, 0.6) is 28.7 Å². The van der Waals surface area contributed by atoms with Gasteiger partial charge in [-0.15, -0.1) is 0 Å². The molecular weight excluding hydrogens is 368 g/mol. The molecule has 0 amide bonds. The SMILES string of the molecule is COc1ccc(C2Oc3cc(OC)c(OC)c(OC)c3C(=O)C2(O)OC)cc1. The molecule has 0 radical (unpaired) electrons. The number of aliphatic hydroxyl groups is 1. The van der Waals surface area contributed by atoms with Gasteiger partial charge in [-0.1, -0.05) is 12.1 Å². The third kappa shape index (κ3) is 2.90. The van der Waals surface area contributed by atoms with E-state index in [-0.39, 0.29) is 22.8 Å². The van der Waals surface area contributed by atoms with Crippen LogP contribution < -0.4 is 23.7 Å². The molecular formula is C20H22O8. The number of ketones is 1. The highest BCUT2D eigenvalue weighted by atomic mass is 16.7. The van der Waals surface area contributed by atoms with Crippen molar-refractivity contribution in [3.8, 4) is 28.7 Å². The van der Waals surface area contributed by atoms with Gasteiger partial charge in [-0.05, 0) is 17.7 Å². The van der Waals surface area contributed by atoms with Crippen LogP contribution in [-0.4, -0.2) is 52.2 Å². The quantitative estimate of drug-likeness (QED) is 0.752. The molecule has 2 unspecified atom stereocenters.